The summed E-state index contributed by atoms with van der Waals surface area (Å²) in [6.07, 6.45) is 0.0316. The van der Waals surface area contributed by atoms with Crippen LogP contribution in [-0.4, -0.2) is 11.5 Å². The molecule has 0 radical (unpaired) electrons. The molecule has 5 heteroatoms. The standard InChI is InChI=1S/C15H11Cl2FOS/c16-12-5-1-2-7-14(12)20-9-11(19)8-10-4-3-6-13(17)15(10)18/h1-7H,8-9H2. The molecular formula is C15H11Cl2FOS. The van der Waals surface area contributed by atoms with Gasteiger partial charge in [0.15, 0.2) is 0 Å². The normalized spacial score (nSPS) is 10.6. The Kier molecular flexibility index (Phi) is 5.46. The lowest BCUT2D eigenvalue weighted by atomic mass is 10.1. The molecule has 0 N–H and O–H groups in total. The zero-order valence-electron chi connectivity index (χ0n) is 10.4. The number of carbonyl (C=O) groups is 1. The molecule has 0 aliphatic carbocycles. The highest BCUT2D eigenvalue weighted by Gasteiger charge is 2.11. The number of Topliss-reactive ketones (excluding diaryl/α,β-unsaturated/α-hetero) is 1. The highest BCUT2D eigenvalue weighted by molar-refractivity contribution is 8.00. The predicted octanol–water partition coefficient (Wildman–Crippen LogP) is 5.04. The Morgan fingerprint density at radius 2 is 1.75 bits per heavy atom. The number of hydrogen-bond donors (Lipinski definition) is 0. The van der Waals surface area contributed by atoms with E-state index in [1.807, 2.05) is 18.2 Å². The van der Waals surface area contributed by atoms with Gasteiger partial charge < -0.3 is 0 Å². The van der Waals surface area contributed by atoms with Gasteiger partial charge in [-0.2, -0.15) is 0 Å². The molecule has 0 bridgehead atoms. The fraction of sp³-hybridized carbons (Fsp3) is 0.133. The minimum atomic E-state index is -0.523. The highest BCUT2D eigenvalue weighted by Crippen LogP contribution is 2.27. The summed E-state index contributed by atoms with van der Waals surface area (Å²) >= 11 is 13.0. The zero-order chi connectivity index (χ0) is 14.5. The van der Waals surface area contributed by atoms with Gasteiger partial charge in [0.1, 0.15) is 11.6 Å². The minimum absolute atomic E-state index is 0.0316. The molecular weight excluding hydrogens is 318 g/mol. The van der Waals surface area contributed by atoms with E-state index in [-0.39, 0.29) is 23.0 Å². The van der Waals surface area contributed by atoms with Crippen LogP contribution in [0.2, 0.25) is 10.0 Å². The molecule has 0 amide bonds. The fourth-order valence-corrected chi connectivity index (χ4v) is 2.96. The van der Waals surface area contributed by atoms with Crippen molar-refractivity contribution in [1.82, 2.24) is 0 Å². The van der Waals surface area contributed by atoms with Crippen molar-refractivity contribution in [2.75, 3.05) is 5.75 Å². The molecule has 2 aromatic carbocycles. The van der Waals surface area contributed by atoms with E-state index in [4.69, 9.17) is 23.2 Å². The third kappa shape index (κ3) is 3.98. The first-order chi connectivity index (χ1) is 9.58. The molecule has 104 valence electrons. The van der Waals surface area contributed by atoms with Gasteiger partial charge in [-0.1, -0.05) is 47.5 Å². The third-order valence-electron chi connectivity index (χ3n) is 2.64. The highest BCUT2D eigenvalue weighted by atomic mass is 35.5. The van der Waals surface area contributed by atoms with Gasteiger partial charge in [-0.05, 0) is 23.8 Å². The average molecular weight is 329 g/mol. The number of benzene rings is 2. The van der Waals surface area contributed by atoms with Crippen LogP contribution < -0.4 is 0 Å². The molecule has 0 saturated heterocycles. The second-order valence-electron chi connectivity index (χ2n) is 4.15. The Morgan fingerprint density at radius 1 is 1.05 bits per heavy atom. The van der Waals surface area contributed by atoms with Crippen LogP contribution in [0.25, 0.3) is 0 Å². The maximum Gasteiger partial charge on any atom is 0.147 e. The number of thioether (sulfide) groups is 1. The first-order valence-electron chi connectivity index (χ1n) is 5.90. The van der Waals surface area contributed by atoms with E-state index in [2.05, 4.69) is 0 Å². The zero-order valence-corrected chi connectivity index (χ0v) is 12.7. The van der Waals surface area contributed by atoms with Crippen molar-refractivity contribution in [3.63, 3.8) is 0 Å². The molecule has 0 spiro atoms. The lowest BCUT2D eigenvalue weighted by Gasteiger charge is -2.05. The summed E-state index contributed by atoms with van der Waals surface area (Å²) < 4.78 is 13.7. The molecule has 0 aliphatic rings. The van der Waals surface area contributed by atoms with E-state index in [0.29, 0.717) is 10.6 Å². The molecule has 2 rings (SSSR count). The maximum absolute atomic E-state index is 13.7. The third-order valence-corrected chi connectivity index (χ3v) is 4.51. The number of hydrogen-bond acceptors (Lipinski definition) is 2. The van der Waals surface area contributed by atoms with Crippen LogP contribution in [0.15, 0.2) is 47.4 Å². The molecule has 20 heavy (non-hydrogen) atoms. The summed E-state index contributed by atoms with van der Waals surface area (Å²) in [6.45, 7) is 0. The topological polar surface area (TPSA) is 17.1 Å². The van der Waals surface area contributed by atoms with Crippen molar-refractivity contribution >= 4 is 40.7 Å². The SMILES string of the molecule is O=C(CSc1ccccc1Cl)Cc1cccc(Cl)c1F. The second-order valence-corrected chi connectivity index (χ2v) is 5.98. The van der Waals surface area contributed by atoms with Gasteiger partial charge in [0.25, 0.3) is 0 Å². The van der Waals surface area contributed by atoms with E-state index in [9.17, 15) is 9.18 Å². The molecule has 0 fully saturated rings. The van der Waals surface area contributed by atoms with Crippen molar-refractivity contribution in [2.45, 2.75) is 11.3 Å². The van der Waals surface area contributed by atoms with Crippen molar-refractivity contribution in [3.8, 4) is 0 Å². The smallest absolute Gasteiger partial charge is 0.147 e. The van der Waals surface area contributed by atoms with Crippen LogP contribution in [0, 0.1) is 5.82 Å². The maximum atomic E-state index is 13.7. The van der Waals surface area contributed by atoms with Crippen LogP contribution in [0.3, 0.4) is 0 Å². The Hall–Kier alpha value is -1.03. The fourth-order valence-electron chi connectivity index (χ4n) is 1.67. The van der Waals surface area contributed by atoms with Crippen LogP contribution >= 0.6 is 35.0 Å². The number of rotatable bonds is 5. The first kappa shape index (κ1) is 15.4. The Balaban J connectivity index is 1.96. The van der Waals surface area contributed by atoms with Gasteiger partial charge in [0.2, 0.25) is 0 Å². The molecule has 0 atom stereocenters. The Bertz CT molecular complexity index is 631. The summed E-state index contributed by atoms with van der Waals surface area (Å²) in [7, 11) is 0. The van der Waals surface area contributed by atoms with Crippen LogP contribution in [0.5, 0.6) is 0 Å². The van der Waals surface area contributed by atoms with Gasteiger partial charge in [0, 0.05) is 11.3 Å². The molecule has 0 aliphatic heterocycles. The summed E-state index contributed by atoms with van der Waals surface area (Å²) in [4.78, 5) is 12.7. The molecule has 0 aromatic heterocycles. The largest absolute Gasteiger partial charge is 0.298 e. The number of ketones is 1. The summed E-state index contributed by atoms with van der Waals surface area (Å²) in [5.74, 6) is -0.350. The summed E-state index contributed by atoms with van der Waals surface area (Å²) in [5, 5.41) is 0.647. The van der Waals surface area contributed by atoms with Gasteiger partial charge in [-0.3, -0.25) is 4.79 Å². The van der Waals surface area contributed by atoms with Gasteiger partial charge >= 0.3 is 0 Å². The Labute approximate surface area is 131 Å². The lowest BCUT2D eigenvalue weighted by Crippen LogP contribution is -2.07. The number of halogens is 3. The van der Waals surface area contributed by atoms with E-state index >= 15 is 0 Å². The van der Waals surface area contributed by atoms with Crippen LogP contribution in [-0.2, 0) is 11.2 Å². The number of carbonyl (C=O) groups excluding carboxylic acids is 1. The van der Waals surface area contributed by atoms with Crippen molar-refractivity contribution < 1.29 is 9.18 Å². The molecule has 0 unspecified atom stereocenters. The van der Waals surface area contributed by atoms with Crippen LogP contribution in [0.4, 0.5) is 4.39 Å². The molecule has 0 saturated carbocycles. The lowest BCUT2D eigenvalue weighted by molar-refractivity contribution is -0.116. The van der Waals surface area contributed by atoms with Gasteiger partial charge in [-0.15, -0.1) is 11.8 Å². The van der Waals surface area contributed by atoms with Crippen molar-refractivity contribution in [2.24, 2.45) is 0 Å². The van der Waals surface area contributed by atoms with E-state index in [1.54, 1.807) is 18.2 Å². The molecule has 1 nitrogen and oxygen atoms in total. The van der Waals surface area contributed by atoms with Crippen molar-refractivity contribution in [1.29, 1.82) is 0 Å². The van der Waals surface area contributed by atoms with Gasteiger partial charge in [-0.25, -0.2) is 4.39 Å². The second kappa shape index (κ2) is 7.11. The van der Waals surface area contributed by atoms with E-state index in [0.717, 1.165) is 4.90 Å². The molecule has 2 aromatic rings. The average Bonchev–Trinajstić information content (AvgIpc) is 2.43. The van der Waals surface area contributed by atoms with Crippen LogP contribution in [0.1, 0.15) is 5.56 Å². The minimum Gasteiger partial charge on any atom is -0.298 e. The van der Waals surface area contributed by atoms with Crippen molar-refractivity contribution in [3.05, 3.63) is 63.9 Å². The molecule has 0 heterocycles. The predicted molar refractivity (Wildman–Crippen MR) is 82.3 cm³/mol. The quantitative estimate of drug-likeness (QED) is 0.715. The van der Waals surface area contributed by atoms with E-state index < -0.39 is 5.82 Å². The summed E-state index contributed by atoms with van der Waals surface area (Å²) in [5.41, 5.74) is 0.322. The Morgan fingerprint density at radius 3 is 2.50 bits per heavy atom. The summed E-state index contributed by atoms with van der Waals surface area (Å²) in [6, 6.07) is 12.0. The first-order valence-corrected chi connectivity index (χ1v) is 7.64. The van der Waals surface area contributed by atoms with E-state index in [1.165, 1.54) is 17.8 Å². The monoisotopic (exact) mass is 328 g/mol. The van der Waals surface area contributed by atoms with Gasteiger partial charge in [0.05, 0.1) is 15.8 Å².